The summed E-state index contributed by atoms with van der Waals surface area (Å²) in [7, 11) is -2.12. The highest BCUT2D eigenvalue weighted by Gasteiger charge is 2.19. The Morgan fingerprint density at radius 1 is 1.43 bits per heavy atom. The zero-order valence-corrected chi connectivity index (χ0v) is 12.8. The van der Waals surface area contributed by atoms with Gasteiger partial charge in [-0.3, -0.25) is 0 Å². The standard InChI is InChI=1S/C12H17N5O3S/c1-4-9(2)14-21(18,19)10-5-6-11(12(7-10)20-3)17-8-13-15-16-17/h5-9,14H,4H2,1-3H3. The van der Waals surface area contributed by atoms with Gasteiger partial charge < -0.3 is 4.74 Å². The molecule has 0 aliphatic rings. The number of nitrogens with zero attached hydrogens (tertiary/aromatic N) is 4. The maximum Gasteiger partial charge on any atom is 0.240 e. The van der Waals surface area contributed by atoms with Crippen LogP contribution in [0.15, 0.2) is 29.4 Å². The van der Waals surface area contributed by atoms with Crippen molar-refractivity contribution in [2.45, 2.75) is 31.2 Å². The molecule has 0 fully saturated rings. The zero-order valence-electron chi connectivity index (χ0n) is 12.0. The molecular weight excluding hydrogens is 294 g/mol. The van der Waals surface area contributed by atoms with Crippen LogP contribution in [0, 0.1) is 0 Å². The summed E-state index contributed by atoms with van der Waals surface area (Å²) in [5.74, 6) is 0.370. The van der Waals surface area contributed by atoms with Crippen molar-refractivity contribution in [3.63, 3.8) is 0 Å². The number of tetrazole rings is 1. The Kier molecular flexibility index (Phi) is 4.53. The first-order valence-corrected chi connectivity index (χ1v) is 7.90. The molecule has 0 radical (unpaired) electrons. The van der Waals surface area contributed by atoms with Crippen molar-refractivity contribution in [2.75, 3.05) is 7.11 Å². The molecule has 0 aliphatic heterocycles. The third-order valence-electron chi connectivity index (χ3n) is 3.03. The van der Waals surface area contributed by atoms with Crippen LogP contribution in [0.4, 0.5) is 0 Å². The molecule has 0 saturated carbocycles. The third-order valence-corrected chi connectivity index (χ3v) is 4.61. The number of hydrogen-bond donors (Lipinski definition) is 1. The van der Waals surface area contributed by atoms with E-state index in [0.717, 1.165) is 0 Å². The summed E-state index contributed by atoms with van der Waals surface area (Å²) in [5.41, 5.74) is 0.560. The van der Waals surface area contributed by atoms with E-state index in [1.165, 1.54) is 30.3 Å². The van der Waals surface area contributed by atoms with Crippen LogP contribution in [0.5, 0.6) is 5.75 Å². The molecule has 1 aromatic carbocycles. The molecule has 1 atom stereocenters. The molecule has 0 amide bonds. The van der Waals surface area contributed by atoms with E-state index in [0.29, 0.717) is 17.9 Å². The summed E-state index contributed by atoms with van der Waals surface area (Å²) >= 11 is 0. The minimum atomic E-state index is -3.58. The van der Waals surface area contributed by atoms with E-state index in [2.05, 4.69) is 20.2 Å². The van der Waals surface area contributed by atoms with Crippen molar-refractivity contribution in [3.8, 4) is 11.4 Å². The monoisotopic (exact) mass is 311 g/mol. The van der Waals surface area contributed by atoms with Crippen molar-refractivity contribution in [3.05, 3.63) is 24.5 Å². The third kappa shape index (κ3) is 3.37. The highest BCUT2D eigenvalue weighted by Crippen LogP contribution is 2.25. The largest absolute Gasteiger partial charge is 0.494 e. The molecule has 0 bridgehead atoms. The second-order valence-electron chi connectivity index (χ2n) is 4.52. The number of nitrogens with one attached hydrogen (secondary N) is 1. The van der Waals surface area contributed by atoms with Gasteiger partial charge in [-0.1, -0.05) is 6.92 Å². The van der Waals surface area contributed by atoms with Gasteiger partial charge in [0.25, 0.3) is 0 Å². The van der Waals surface area contributed by atoms with Crippen molar-refractivity contribution >= 4 is 10.0 Å². The van der Waals surface area contributed by atoms with Gasteiger partial charge in [-0.05, 0) is 35.9 Å². The number of sulfonamides is 1. The summed E-state index contributed by atoms with van der Waals surface area (Å²) in [6, 6.07) is 4.40. The average Bonchev–Trinajstić information content (AvgIpc) is 3.00. The molecular formula is C12H17N5O3S. The maximum absolute atomic E-state index is 12.3. The fraction of sp³-hybridized carbons (Fsp3) is 0.417. The van der Waals surface area contributed by atoms with Gasteiger partial charge in [-0.2, -0.15) is 4.68 Å². The highest BCUT2D eigenvalue weighted by molar-refractivity contribution is 7.89. The lowest BCUT2D eigenvalue weighted by Gasteiger charge is -2.14. The van der Waals surface area contributed by atoms with Crippen LogP contribution in [0.25, 0.3) is 5.69 Å². The molecule has 1 unspecified atom stereocenters. The Morgan fingerprint density at radius 2 is 2.19 bits per heavy atom. The Bertz CT molecular complexity index is 700. The van der Waals surface area contributed by atoms with Crippen molar-refractivity contribution < 1.29 is 13.2 Å². The average molecular weight is 311 g/mol. The van der Waals surface area contributed by atoms with E-state index < -0.39 is 10.0 Å². The fourth-order valence-electron chi connectivity index (χ4n) is 1.70. The highest BCUT2D eigenvalue weighted by atomic mass is 32.2. The summed E-state index contributed by atoms with van der Waals surface area (Å²) in [5, 5.41) is 10.8. The number of hydrogen-bond acceptors (Lipinski definition) is 6. The van der Waals surface area contributed by atoms with E-state index in [9.17, 15) is 8.42 Å². The predicted molar refractivity (Wildman–Crippen MR) is 75.8 cm³/mol. The Morgan fingerprint density at radius 3 is 2.76 bits per heavy atom. The van der Waals surface area contributed by atoms with Crippen LogP contribution < -0.4 is 9.46 Å². The number of aromatic nitrogens is 4. The van der Waals surface area contributed by atoms with Gasteiger partial charge in [0.15, 0.2) is 0 Å². The Balaban J connectivity index is 2.40. The lowest BCUT2D eigenvalue weighted by molar-refractivity contribution is 0.410. The van der Waals surface area contributed by atoms with Crippen LogP contribution in [0.3, 0.4) is 0 Å². The van der Waals surface area contributed by atoms with Gasteiger partial charge >= 0.3 is 0 Å². The molecule has 114 valence electrons. The van der Waals surface area contributed by atoms with Crippen molar-refractivity contribution in [2.24, 2.45) is 0 Å². The van der Waals surface area contributed by atoms with Gasteiger partial charge in [0, 0.05) is 12.1 Å². The van der Waals surface area contributed by atoms with E-state index >= 15 is 0 Å². The minimum absolute atomic E-state index is 0.136. The first-order valence-electron chi connectivity index (χ1n) is 6.41. The molecule has 8 nitrogen and oxygen atoms in total. The second-order valence-corrected chi connectivity index (χ2v) is 6.23. The maximum atomic E-state index is 12.3. The first-order chi connectivity index (χ1) is 9.97. The van der Waals surface area contributed by atoms with Gasteiger partial charge in [-0.15, -0.1) is 5.10 Å². The topological polar surface area (TPSA) is 99.0 Å². The summed E-state index contributed by atoms with van der Waals surface area (Å²) < 4.78 is 33.7. The first kappa shape index (κ1) is 15.4. The van der Waals surface area contributed by atoms with E-state index in [4.69, 9.17) is 4.74 Å². The lowest BCUT2D eigenvalue weighted by atomic mass is 10.3. The lowest BCUT2D eigenvalue weighted by Crippen LogP contribution is -2.32. The SMILES string of the molecule is CCC(C)NS(=O)(=O)c1ccc(-n2cnnn2)c(OC)c1. The second kappa shape index (κ2) is 6.19. The van der Waals surface area contributed by atoms with E-state index in [1.807, 2.05) is 13.8 Å². The van der Waals surface area contributed by atoms with Crippen LogP contribution in [0.2, 0.25) is 0 Å². The smallest absolute Gasteiger partial charge is 0.240 e. The summed E-state index contributed by atoms with van der Waals surface area (Å²) in [6.07, 6.45) is 2.11. The summed E-state index contributed by atoms with van der Waals surface area (Å²) in [6.45, 7) is 3.72. The number of rotatable bonds is 6. The number of benzene rings is 1. The number of methoxy groups -OCH3 is 1. The fourth-order valence-corrected chi connectivity index (χ4v) is 3.04. The quantitative estimate of drug-likeness (QED) is 0.845. The predicted octanol–water partition coefficient (Wildman–Crippen LogP) is 0.748. The van der Waals surface area contributed by atoms with Crippen molar-refractivity contribution in [1.82, 2.24) is 24.9 Å². The van der Waals surface area contributed by atoms with Gasteiger partial charge in [0.1, 0.15) is 17.8 Å². The van der Waals surface area contributed by atoms with Gasteiger partial charge in [0.2, 0.25) is 10.0 Å². The van der Waals surface area contributed by atoms with Crippen LogP contribution in [-0.2, 0) is 10.0 Å². The molecule has 2 rings (SSSR count). The Labute approximate surface area is 123 Å². The van der Waals surface area contributed by atoms with E-state index in [1.54, 1.807) is 6.07 Å². The zero-order chi connectivity index (χ0) is 15.5. The number of ether oxygens (including phenoxy) is 1. The normalized spacial score (nSPS) is 13.1. The minimum Gasteiger partial charge on any atom is -0.494 e. The molecule has 1 aromatic heterocycles. The molecule has 2 aromatic rings. The van der Waals surface area contributed by atoms with Crippen LogP contribution in [-0.4, -0.2) is 41.8 Å². The van der Waals surface area contributed by atoms with Gasteiger partial charge in [0.05, 0.1) is 12.0 Å². The molecule has 1 heterocycles. The van der Waals surface area contributed by atoms with Crippen LogP contribution in [0.1, 0.15) is 20.3 Å². The van der Waals surface area contributed by atoms with E-state index in [-0.39, 0.29) is 10.9 Å². The molecule has 0 saturated heterocycles. The van der Waals surface area contributed by atoms with Gasteiger partial charge in [-0.25, -0.2) is 13.1 Å². The summed E-state index contributed by atoms with van der Waals surface area (Å²) in [4.78, 5) is 0.136. The Hall–Kier alpha value is -2.00. The molecule has 0 spiro atoms. The van der Waals surface area contributed by atoms with Crippen molar-refractivity contribution in [1.29, 1.82) is 0 Å². The molecule has 1 N–H and O–H groups in total. The molecule has 9 heteroatoms. The van der Waals surface area contributed by atoms with Crippen LogP contribution >= 0.6 is 0 Å². The molecule has 0 aliphatic carbocycles. The molecule has 21 heavy (non-hydrogen) atoms.